The summed E-state index contributed by atoms with van der Waals surface area (Å²) in [6.45, 7) is 11.2. The Hall–Kier alpha value is -1.60. The lowest BCUT2D eigenvalue weighted by Crippen LogP contribution is -2.54. The van der Waals surface area contributed by atoms with E-state index in [4.69, 9.17) is 0 Å². The van der Waals surface area contributed by atoms with Crippen LogP contribution in [0.5, 0.6) is 0 Å². The first-order valence-corrected chi connectivity index (χ1v) is 10.2. The van der Waals surface area contributed by atoms with E-state index in [1.54, 1.807) is 11.0 Å². The molecule has 1 aromatic carbocycles. The van der Waals surface area contributed by atoms with E-state index < -0.39 is 10.0 Å². The minimum absolute atomic E-state index is 0.0872. The van der Waals surface area contributed by atoms with Gasteiger partial charge in [-0.2, -0.15) is 4.31 Å². The van der Waals surface area contributed by atoms with Crippen molar-refractivity contribution in [1.82, 2.24) is 14.5 Å². The van der Waals surface area contributed by atoms with Gasteiger partial charge >= 0.3 is 6.03 Å². The van der Waals surface area contributed by atoms with Crippen LogP contribution in [-0.4, -0.2) is 55.9 Å². The van der Waals surface area contributed by atoms with Crippen LogP contribution in [0, 0.1) is 19.8 Å². The summed E-state index contributed by atoms with van der Waals surface area (Å²) in [7, 11) is -3.53. The summed E-state index contributed by atoms with van der Waals surface area (Å²) in [6, 6.07) is 5.42. The van der Waals surface area contributed by atoms with Gasteiger partial charge in [-0.25, -0.2) is 13.2 Å². The number of hydrogen-bond donors (Lipinski definition) is 1. The summed E-state index contributed by atoms with van der Waals surface area (Å²) in [4.78, 5) is 14.3. The lowest BCUT2D eigenvalue weighted by Gasteiger charge is -2.35. The van der Waals surface area contributed by atoms with Crippen molar-refractivity contribution < 1.29 is 13.2 Å². The Kier molecular flexibility index (Phi) is 6.11. The molecule has 0 bridgehead atoms. The van der Waals surface area contributed by atoms with Gasteiger partial charge in [0.15, 0.2) is 0 Å². The van der Waals surface area contributed by atoms with Gasteiger partial charge in [0, 0.05) is 32.2 Å². The van der Waals surface area contributed by atoms with Crippen LogP contribution >= 0.6 is 0 Å². The van der Waals surface area contributed by atoms with E-state index in [9.17, 15) is 13.2 Å². The molecule has 1 aliphatic heterocycles. The first-order chi connectivity index (χ1) is 11.6. The first kappa shape index (κ1) is 19.7. The Morgan fingerprint density at radius 1 is 1.08 bits per heavy atom. The number of nitrogens with zero attached hydrogens (tertiary/aromatic N) is 2. The summed E-state index contributed by atoms with van der Waals surface area (Å²) in [5, 5.41) is 2.97. The summed E-state index contributed by atoms with van der Waals surface area (Å²) in [5.74, 6) is 0.356. The maximum Gasteiger partial charge on any atom is 0.317 e. The molecule has 2 rings (SSSR count). The van der Waals surface area contributed by atoms with E-state index in [0.717, 1.165) is 11.1 Å². The van der Waals surface area contributed by atoms with Crippen molar-refractivity contribution >= 4 is 16.1 Å². The molecule has 0 radical (unpaired) electrons. The van der Waals surface area contributed by atoms with Gasteiger partial charge in [0.1, 0.15) is 0 Å². The lowest BCUT2D eigenvalue weighted by atomic mass is 10.1. The molecular formula is C18H29N3O3S. The van der Waals surface area contributed by atoms with Crippen LogP contribution in [-0.2, 0) is 10.0 Å². The van der Waals surface area contributed by atoms with Gasteiger partial charge in [-0.1, -0.05) is 26.0 Å². The number of benzene rings is 1. The van der Waals surface area contributed by atoms with Crippen molar-refractivity contribution in [2.75, 3.05) is 26.2 Å². The SMILES string of the molecule is Cc1ccc(C)c(S(=O)(=O)N2CCN(C(=O)NC(C)C(C)C)CC2)c1. The largest absolute Gasteiger partial charge is 0.335 e. The second kappa shape index (κ2) is 7.74. The van der Waals surface area contributed by atoms with E-state index in [1.807, 2.05) is 32.9 Å². The molecule has 6 nitrogen and oxygen atoms in total. The Morgan fingerprint density at radius 2 is 1.68 bits per heavy atom. The van der Waals surface area contributed by atoms with Gasteiger partial charge in [0.25, 0.3) is 0 Å². The zero-order valence-electron chi connectivity index (χ0n) is 15.7. The van der Waals surface area contributed by atoms with E-state index in [1.165, 1.54) is 4.31 Å². The first-order valence-electron chi connectivity index (χ1n) is 8.75. The number of carbonyl (C=O) groups excluding carboxylic acids is 1. The molecule has 1 heterocycles. The number of sulfonamides is 1. The third-order valence-corrected chi connectivity index (χ3v) is 6.88. The minimum atomic E-state index is -3.53. The van der Waals surface area contributed by atoms with Gasteiger partial charge in [-0.05, 0) is 43.9 Å². The Labute approximate surface area is 151 Å². The predicted octanol–water partition coefficient (Wildman–Crippen LogP) is 2.36. The van der Waals surface area contributed by atoms with Crippen LogP contribution in [0.1, 0.15) is 31.9 Å². The molecule has 2 amide bonds. The van der Waals surface area contributed by atoms with Crippen LogP contribution in [0.4, 0.5) is 4.79 Å². The molecule has 1 saturated heterocycles. The molecular weight excluding hydrogens is 338 g/mol. The van der Waals surface area contributed by atoms with Crippen molar-refractivity contribution in [2.45, 2.75) is 45.6 Å². The zero-order chi connectivity index (χ0) is 18.8. The smallest absolute Gasteiger partial charge is 0.317 e. The highest BCUT2D eigenvalue weighted by molar-refractivity contribution is 7.89. The van der Waals surface area contributed by atoms with E-state index >= 15 is 0 Å². The average molecular weight is 368 g/mol. The lowest BCUT2D eigenvalue weighted by molar-refractivity contribution is 0.167. The monoisotopic (exact) mass is 367 g/mol. The normalized spacial score (nSPS) is 17.6. The third-order valence-electron chi connectivity index (χ3n) is 4.84. The number of carbonyl (C=O) groups is 1. The van der Waals surface area contributed by atoms with Crippen LogP contribution in [0.2, 0.25) is 0 Å². The van der Waals surface area contributed by atoms with E-state index in [-0.39, 0.29) is 12.1 Å². The quantitative estimate of drug-likeness (QED) is 0.888. The molecule has 1 unspecified atom stereocenters. The Morgan fingerprint density at radius 3 is 2.24 bits per heavy atom. The van der Waals surface area contributed by atoms with Crippen molar-refractivity contribution in [3.63, 3.8) is 0 Å². The van der Waals surface area contributed by atoms with Crippen molar-refractivity contribution in [3.05, 3.63) is 29.3 Å². The summed E-state index contributed by atoms with van der Waals surface area (Å²) in [6.07, 6.45) is 0. The molecule has 0 aliphatic carbocycles. The number of hydrogen-bond acceptors (Lipinski definition) is 3. The fraction of sp³-hybridized carbons (Fsp3) is 0.611. The van der Waals surface area contributed by atoms with Crippen LogP contribution in [0.3, 0.4) is 0 Å². The number of nitrogens with one attached hydrogen (secondary N) is 1. The fourth-order valence-corrected chi connectivity index (χ4v) is 4.44. The number of rotatable bonds is 4. The number of piperazine rings is 1. The topological polar surface area (TPSA) is 69.7 Å². The summed E-state index contributed by atoms with van der Waals surface area (Å²) < 4.78 is 27.3. The second-order valence-corrected chi connectivity index (χ2v) is 9.05. The summed E-state index contributed by atoms with van der Waals surface area (Å²) in [5.41, 5.74) is 1.67. The molecule has 1 aromatic rings. The highest BCUT2D eigenvalue weighted by Crippen LogP contribution is 2.22. The van der Waals surface area contributed by atoms with Crippen LogP contribution < -0.4 is 5.32 Å². The van der Waals surface area contributed by atoms with E-state index in [2.05, 4.69) is 19.2 Å². The molecule has 1 atom stereocenters. The highest BCUT2D eigenvalue weighted by atomic mass is 32.2. The predicted molar refractivity (Wildman–Crippen MR) is 99.1 cm³/mol. The van der Waals surface area contributed by atoms with Crippen LogP contribution in [0.15, 0.2) is 23.1 Å². The standard InChI is InChI=1S/C18H29N3O3S/c1-13(2)16(5)19-18(22)20-8-10-21(11-9-20)25(23,24)17-12-14(3)6-7-15(17)4/h6-7,12-13,16H,8-11H2,1-5H3,(H,19,22). The molecule has 0 spiro atoms. The van der Waals surface area contributed by atoms with Crippen LogP contribution in [0.25, 0.3) is 0 Å². The van der Waals surface area contributed by atoms with Gasteiger partial charge in [0.2, 0.25) is 10.0 Å². The van der Waals surface area contributed by atoms with Gasteiger partial charge in [0.05, 0.1) is 4.90 Å². The van der Waals surface area contributed by atoms with Crippen molar-refractivity contribution in [1.29, 1.82) is 0 Å². The minimum Gasteiger partial charge on any atom is -0.335 e. The maximum atomic E-state index is 12.9. The molecule has 0 aromatic heterocycles. The molecule has 140 valence electrons. The molecule has 0 saturated carbocycles. The second-order valence-electron chi connectivity index (χ2n) is 7.14. The average Bonchev–Trinajstić information content (AvgIpc) is 2.56. The third kappa shape index (κ3) is 4.52. The number of urea groups is 1. The van der Waals surface area contributed by atoms with Crippen molar-refractivity contribution in [2.24, 2.45) is 5.92 Å². The molecule has 25 heavy (non-hydrogen) atoms. The van der Waals surface area contributed by atoms with Gasteiger partial charge in [-0.15, -0.1) is 0 Å². The Bertz CT molecular complexity index is 723. The molecule has 7 heteroatoms. The van der Waals surface area contributed by atoms with Crippen molar-refractivity contribution in [3.8, 4) is 0 Å². The number of amides is 2. The molecule has 1 aliphatic rings. The van der Waals surface area contributed by atoms with E-state index in [0.29, 0.717) is 37.0 Å². The maximum absolute atomic E-state index is 12.9. The zero-order valence-corrected chi connectivity index (χ0v) is 16.6. The fourth-order valence-electron chi connectivity index (χ4n) is 2.71. The highest BCUT2D eigenvalue weighted by Gasteiger charge is 2.31. The number of aryl methyl sites for hydroxylation is 2. The van der Waals surface area contributed by atoms with Gasteiger partial charge in [-0.3, -0.25) is 0 Å². The molecule has 1 N–H and O–H groups in total. The van der Waals surface area contributed by atoms with Gasteiger partial charge < -0.3 is 10.2 Å². The summed E-state index contributed by atoms with van der Waals surface area (Å²) >= 11 is 0. The molecule has 1 fully saturated rings. The Balaban J connectivity index is 2.04.